The Balaban J connectivity index is 2.76. The van der Waals surface area contributed by atoms with Crippen molar-refractivity contribution < 1.29 is 13.9 Å². The Morgan fingerprint density at radius 2 is 2.21 bits per heavy atom. The van der Waals surface area contributed by atoms with Crippen molar-refractivity contribution in [3.05, 3.63) is 43.0 Å². The van der Waals surface area contributed by atoms with Crippen molar-refractivity contribution in [3.63, 3.8) is 0 Å². The number of carbonyl (C=O) groups excluding carboxylic acids is 1. The van der Waals surface area contributed by atoms with Crippen LogP contribution in [0.4, 0.5) is 4.39 Å². The summed E-state index contributed by atoms with van der Waals surface area (Å²) in [6.07, 6.45) is 1.19. The van der Waals surface area contributed by atoms with Crippen molar-refractivity contribution in [3.8, 4) is 0 Å². The fourth-order valence-electron chi connectivity index (χ4n) is 1.75. The number of carbonyl (C=O) groups is 1. The van der Waals surface area contributed by atoms with E-state index >= 15 is 0 Å². The average molecular weight is 375 g/mol. The fourth-order valence-corrected chi connectivity index (χ4v) is 2.30. The molecule has 19 heavy (non-hydrogen) atoms. The number of ether oxygens (including phenoxy) is 1. The number of aromatic amines is 1. The minimum absolute atomic E-state index is 0.107. The maximum absolute atomic E-state index is 14.0. The van der Waals surface area contributed by atoms with Crippen LogP contribution in [-0.2, 0) is 4.74 Å². The van der Waals surface area contributed by atoms with Gasteiger partial charge in [-0.25, -0.2) is 9.18 Å². The smallest absolute Gasteiger partial charge is 0.343 e. The summed E-state index contributed by atoms with van der Waals surface area (Å²) >= 11 is 1.95. The second-order valence-electron chi connectivity index (χ2n) is 3.97. The molecule has 1 heterocycles. The highest BCUT2D eigenvalue weighted by Gasteiger charge is 2.17. The van der Waals surface area contributed by atoms with Gasteiger partial charge in [-0.2, -0.15) is 0 Å². The summed E-state index contributed by atoms with van der Waals surface area (Å²) in [7, 11) is 0. The number of fused-ring (bicyclic) bond motifs is 1. The van der Waals surface area contributed by atoms with Crippen molar-refractivity contribution in [2.75, 3.05) is 6.61 Å². The molecule has 0 saturated heterocycles. The molecule has 2 rings (SSSR count). The van der Waals surface area contributed by atoms with E-state index in [1.807, 2.05) is 22.6 Å². The van der Waals surface area contributed by atoms with Crippen LogP contribution in [0, 0.1) is 16.3 Å². The van der Waals surface area contributed by atoms with E-state index in [4.69, 9.17) is 4.74 Å². The van der Waals surface area contributed by atoms with Crippen LogP contribution in [-0.4, -0.2) is 17.6 Å². The summed E-state index contributed by atoms with van der Waals surface area (Å²) in [6.45, 7) is 3.46. The molecule has 6 heteroatoms. The highest BCUT2D eigenvalue weighted by atomic mass is 127. The third kappa shape index (κ3) is 2.36. The second-order valence-corrected chi connectivity index (χ2v) is 5.13. The minimum Gasteiger partial charge on any atom is -0.462 e. The van der Waals surface area contributed by atoms with E-state index in [0.717, 1.165) is 0 Å². The molecule has 0 aliphatic carbocycles. The average Bonchev–Trinajstić information content (AvgIpc) is 2.38. The topological polar surface area (TPSA) is 59.2 Å². The lowest BCUT2D eigenvalue weighted by Crippen LogP contribution is -2.18. The molecule has 1 aromatic carbocycles. The van der Waals surface area contributed by atoms with Crippen molar-refractivity contribution in [1.82, 2.24) is 4.98 Å². The number of aromatic nitrogens is 1. The van der Waals surface area contributed by atoms with Gasteiger partial charge in [-0.05, 0) is 42.5 Å². The van der Waals surface area contributed by atoms with Gasteiger partial charge in [0.2, 0.25) is 5.43 Å². The molecule has 0 spiro atoms. The van der Waals surface area contributed by atoms with E-state index in [2.05, 4.69) is 4.98 Å². The molecule has 4 nitrogen and oxygen atoms in total. The molecule has 0 atom stereocenters. The van der Waals surface area contributed by atoms with Crippen LogP contribution < -0.4 is 5.43 Å². The maximum atomic E-state index is 14.0. The van der Waals surface area contributed by atoms with E-state index in [9.17, 15) is 14.0 Å². The van der Waals surface area contributed by atoms with Crippen molar-refractivity contribution in [2.24, 2.45) is 0 Å². The minimum atomic E-state index is -0.707. The van der Waals surface area contributed by atoms with Crippen molar-refractivity contribution in [2.45, 2.75) is 13.8 Å². The largest absolute Gasteiger partial charge is 0.462 e. The molecule has 0 aliphatic rings. The Hall–Kier alpha value is -1.44. The van der Waals surface area contributed by atoms with Crippen LogP contribution in [0.1, 0.15) is 22.8 Å². The number of hydrogen-bond donors (Lipinski definition) is 1. The number of benzene rings is 1. The van der Waals surface area contributed by atoms with Gasteiger partial charge in [-0.3, -0.25) is 4.79 Å². The van der Waals surface area contributed by atoms with Gasteiger partial charge in [0.25, 0.3) is 0 Å². The van der Waals surface area contributed by atoms with Crippen LogP contribution in [0.3, 0.4) is 0 Å². The first-order chi connectivity index (χ1) is 8.97. The first-order valence-corrected chi connectivity index (χ1v) is 6.72. The highest BCUT2D eigenvalue weighted by molar-refractivity contribution is 14.1. The predicted octanol–water partition coefficient (Wildman–Crippen LogP) is 2.76. The Kier molecular flexibility index (Phi) is 3.88. The van der Waals surface area contributed by atoms with Crippen molar-refractivity contribution in [1.29, 1.82) is 0 Å². The number of H-pyrrole nitrogens is 1. The molecule has 0 unspecified atom stereocenters. The summed E-state index contributed by atoms with van der Waals surface area (Å²) in [4.78, 5) is 26.4. The van der Waals surface area contributed by atoms with Crippen LogP contribution in [0.15, 0.2) is 17.1 Å². The van der Waals surface area contributed by atoms with E-state index < -0.39 is 17.2 Å². The molecule has 0 fully saturated rings. The quantitative estimate of drug-likeness (QED) is 0.649. The van der Waals surface area contributed by atoms with E-state index in [1.165, 1.54) is 6.20 Å². The molecule has 0 bridgehead atoms. The van der Waals surface area contributed by atoms with Gasteiger partial charge < -0.3 is 9.72 Å². The summed E-state index contributed by atoms with van der Waals surface area (Å²) < 4.78 is 19.4. The Morgan fingerprint density at radius 1 is 1.53 bits per heavy atom. The van der Waals surface area contributed by atoms with E-state index in [1.54, 1.807) is 19.9 Å². The van der Waals surface area contributed by atoms with Crippen LogP contribution >= 0.6 is 22.6 Å². The van der Waals surface area contributed by atoms with Gasteiger partial charge in [0, 0.05) is 15.3 Å². The van der Waals surface area contributed by atoms with Crippen LogP contribution in [0.25, 0.3) is 10.9 Å². The zero-order valence-corrected chi connectivity index (χ0v) is 12.5. The van der Waals surface area contributed by atoms with Gasteiger partial charge in [-0.15, -0.1) is 0 Å². The summed E-state index contributed by atoms with van der Waals surface area (Å²) in [6, 6.07) is 1.57. The lowest BCUT2D eigenvalue weighted by Gasteiger charge is -2.07. The van der Waals surface area contributed by atoms with Gasteiger partial charge in [-0.1, -0.05) is 0 Å². The summed E-state index contributed by atoms with van der Waals surface area (Å²) in [5, 5.41) is 0.151. The molecular weight excluding hydrogens is 364 g/mol. The number of rotatable bonds is 2. The number of hydrogen-bond acceptors (Lipinski definition) is 3. The van der Waals surface area contributed by atoms with Gasteiger partial charge in [0.05, 0.1) is 17.5 Å². The number of esters is 1. The monoisotopic (exact) mass is 375 g/mol. The SMILES string of the molecule is CCOC(=O)c1c[nH]c2c(F)c(C)c(I)cc2c1=O. The lowest BCUT2D eigenvalue weighted by molar-refractivity contribution is 0.0524. The van der Waals surface area contributed by atoms with Crippen molar-refractivity contribution >= 4 is 39.5 Å². The van der Waals surface area contributed by atoms with Gasteiger partial charge in [0.15, 0.2) is 5.82 Å². The van der Waals surface area contributed by atoms with Gasteiger partial charge >= 0.3 is 5.97 Å². The third-order valence-corrected chi connectivity index (χ3v) is 3.91. The Morgan fingerprint density at radius 3 is 2.84 bits per heavy atom. The molecule has 1 aromatic heterocycles. The van der Waals surface area contributed by atoms with E-state index in [0.29, 0.717) is 9.13 Å². The highest BCUT2D eigenvalue weighted by Crippen LogP contribution is 2.22. The molecular formula is C13H11FINO3. The predicted molar refractivity (Wildman–Crippen MR) is 77.9 cm³/mol. The van der Waals surface area contributed by atoms with E-state index in [-0.39, 0.29) is 23.1 Å². The van der Waals surface area contributed by atoms with Gasteiger partial charge in [0.1, 0.15) is 5.56 Å². The lowest BCUT2D eigenvalue weighted by atomic mass is 10.1. The number of pyridine rings is 1. The zero-order chi connectivity index (χ0) is 14.2. The zero-order valence-electron chi connectivity index (χ0n) is 10.3. The second kappa shape index (κ2) is 5.28. The molecule has 1 N–H and O–H groups in total. The first kappa shape index (κ1) is 14.0. The first-order valence-electron chi connectivity index (χ1n) is 5.64. The maximum Gasteiger partial charge on any atom is 0.343 e. The number of nitrogens with one attached hydrogen (secondary N) is 1. The molecule has 100 valence electrons. The van der Waals surface area contributed by atoms with Crippen LogP contribution in [0.5, 0.6) is 0 Å². The standard InChI is InChI=1S/C13H11FINO3/c1-3-19-13(18)8-5-16-11-7(12(8)17)4-9(15)6(2)10(11)14/h4-5H,3H2,1-2H3,(H,16,17). The normalized spacial score (nSPS) is 10.7. The Labute approximate surface area is 122 Å². The molecule has 0 amide bonds. The third-order valence-electron chi connectivity index (χ3n) is 2.79. The molecule has 2 aromatic rings. The summed E-state index contributed by atoms with van der Waals surface area (Å²) in [5.74, 6) is -1.18. The molecule has 0 aliphatic heterocycles. The fraction of sp³-hybridized carbons (Fsp3) is 0.231. The number of halogens is 2. The summed E-state index contributed by atoms with van der Waals surface area (Å²) in [5.41, 5.74) is -0.0685. The molecule has 0 saturated carbocycles. The molecule has 0 radical (unpaired) electrons. The Bertz CT molecular complexity index is 724. The van der Waals surface area contributed by atoms with Crippen LogP contribution in [0.2, 0.25) is 0 Å².